The summed E-state index contributed by atoms with van der Waals surface area (Å²) in [5, 5.41) is 7.77. The molecule has 2 heterocycles. The van der Waals surface area contributed by atoms with Crippen LogP contribution in [0.2, 0.25) is 5.02 Å². The van der Waals surface area contributed by atoms with Gasteiger partial charge in [-0.25, -0.2) is 9.48 Å². The van der Waals surface area contributed by atoms with E-state index in [-0.39, 0.29) is 6.61 Å². The number of carbonyl (C=O) groups excluding carboxylic acids is 1. The maximum Gasteiger partial charge on any atom is 0.338 e. The molecule has 1 aliphatic heterocycles. The average molecular weight is 379 g/mol. The van der Waals surface area contributed by atoms with Crippen LogP contribution in [0.5, 0.6) is 5.75 Å². The van der Waals surface area contributed by atoms with Crippen molar-refractivity contribution in [3.05, 3.63) is 46.4 Å². The van der Waals surface area contributed by atoms with E-state index < -0.39 is 12.0 Å². The van der Waals surface area contributed by atoms with E-state index in [1.807, 2.05) is 6.07 Å². The predicted molar refractivity (Wildman–Crippen MR) is 95.3 cm³/mol. The Labute approximate surface area is 155 Å². The fourth-order valence-corrected chi connectivity index (χ4v) is 3.08. The van der Waals surface area contributed by atoms with E-state index in [4.69, 9.17) is 25.8 Å². The second kappa shape index (κ2) is 7.76. The quantitative estimate of drug-likeness (QED) is 0.610. The van der Waals surface area contributed by atoms with Crippen LogP contribution in [0.25, 0.3) is 0 Å². The van der Waals surface area contributed by atoms with Gasteiger partial charge in [0.1, 0.15) is 24.7 Å². The van der Waals surface area contributed by atoms with Gasteiger partial charge in [0, 0.05) is 12.8 Å². The molecule has 0 unspecified atom stereocenters. The number of hydrogen-bond donors (Lipinski definition) is 1. The number of nitrogens with one attached hydrogen (secondary N) is 1. The lowest BCUT2D eigenvalue weighted by Crippen LogP contribution is -2.30. The van der Waals surface area contributed by atoms with Crippen LogP contribution in [0.1, 0.15) is 18.5 Å². The van der Waals surface area contributed by atoms with Crippen molar-refractivity contribution in [1.29, 1.82) is 0 Å². The van der Waals surface area contributed by atoms with Gasteiger partial charge in [-0.15, -0.1) is 0 Å². The molecule has 26 heavy (non-hydrogen) atoms. The highest BCUT2D eigenvalue weighted by Gasteiger charge is 2.34. The molecule has 0 radical (unpaired) electrons. The van der Waals surface area contributed by atoms with Gasteiger partial charge in [0.15, 0.2) is 0 Å². The minimum Gasteiger partial charge on any atom is -0.495 e. The number of hydrogen-bond acceptors (Lipinski definition) is 7. The Morgan fingerprint density at radius 1 is 1.35 bits per heavy atom. The summed E-state index contributed by atoms with van der Waals surface area (Å²) in [6.07, 6.45) is 1.42. The number of allylic oxidation sites excluding steroid dienone is 1. The third-order valence-electron chi connectivity index (χ3n) is 4.03. The molecule has 3 rings (SSSR count). The van der Waals surface area contributed by atoms with Crippen LogP contribution in [-0.2, 0) is 14.3 Å². The van der Waals surface area contributed by atoms with Crippen molar-refractivity contribution in [2.75, 3.05) is 32.8 Å². The Balaban J connectivity index is 2.03. The summed E-state index contributed by atoms with van der Waals surface area (Å²) in [6, 6.07) is 4.81. The van der Waals surface area contributed by atoms with Gasteiger partial charge in [-0.05, 0) is 24.6 Å². The third kappa shape index (κ3) is 3.38. The topological polar surface area (TPSA) is 87.5 Å². The molecule has 0 spiro atoms. The Morgan fingerprint density at radius 3 is 2.85 bits per heavy atom. The number of benzene rings is 1. The molecule has 0 saturated carbocycles. The standard InChI is InChI=1S/C17H19ClN4O4/c1-10-14(16(23)26-7-6-24-2)15(22-17(21-10)19-9-20-22)11-4-5-13(25-3)12(18)8-11/h4-5,8-9,15H,6-7H2,1-3H3,(H,19,20,21)/t15-/m1/s1. The van der Waals surface area contributed by atoms with Crippen molar-refractivity contribution >= 4 is 23.5 Å². The van der Waals surface area contributed by atoms with Crippen molar-refractivity contribution in [3.8, 4) is 5.75 Å². The summed E-state index contributed by atoms with van der Waals surface area (Å²) >= 11 is 6.28. The first-order chi connectivity index (χ1) is 12.6. The largest absolute Gasteiger partial charge is 0.495 e. The van der Waals surface area contributed by atoms with Crippen molar-refractivity contribution < 1.29 is 19.0 Å². The molecule has 0 fully saturated rings. The summed E-state index contributed by atoms with van der Waals surface area (Å²) in [5.41, 5.74) is 1.84. The summed E-state index contributed by atoms with van der Waals surface area (Å²) in [5.74, 6) is 0.631. The predicted octanol–water partition coefficient (Wildman–Crippen LogP) is 2.42. The van der Waals surface area contributed by atoms with Gasteiger partial charge in [0.2, 0.25) is 5.95 Å². The van der Waals surface area contributed by atoms with Crippen molar-refractivity contribution in [2.45, 2.75) is 13.0 Å². The number of aromatic nitrogens is 3. The molecule has 1 aromatic carbocycles. The van der Waals surface area contributed by atoms with Crippen LogP contribution in [-0.4, -0.2) is 48.2 Å². The lowest BCUT2D eigenvalue weighted by molar-refractivity contribution is -0.140. The van der Waals surface area contributed by atoms with Crippen LogP contribution in [0, 0.1) is 0 Å². The molecule has 8 nitrogen and oxygen atoms in total. The van der Waals surface area contributed by atoms with Gasteiger partial charge in [0.05, 0.1) is 24.3 Å². The highest BCUT2D eigenvalue weighted by molar-refractivity contribution is 6.32. The summed E-state index contributed by atoms with van der Waals surface area (Å²) in [7, 11) is 3.09. The van der Waals surface area contributed by atoms with Gasteiger partial charge in [-0.3, -0.25) is 0 Å². The number of nitrogens with zero attached hydrogens (tertiary/aromatic N) is 3. The number of halogens is 1. The molecule has 0 saturated heterocycles. The minimum absolute atomic E-state index is 0.159. The zero-order valence-electron chi connectivity index (χ0n) is 14.7. The number of rotatable bonds is 6. The van der Waals surface area contributed by atoms with E-state index in [0.29, 0.717) is 34.6 Å². The molecular formula is C17H19ClN4O4. The van der Waals surface area contributed by atoms with E-state index in [0.717, 1.165) is 5.56 Å². The van der Waals surface area contributed by atoms with Crippen molar-refractivity contribution in [3.63, 3.8) is 0 Å². The fourth-order valence-electron chi connectivity index (χ4n) is 2.81. The van der Waals surface area contributed by atoms with Crippen LogP contribution >= 0.6 is 11.6 Å². The Morgan fingerprint density at radius 2 is 2.15 bits per heavy atom. The molecule has 0 amide bonds. The first kappa shape index (κ1) is 18.2. The summed E-state index contributed by atoms with van der Waals surface area (Å²) in [6.45, 7) is 2.27. The van der Waals surface area contributed by atoms with Crippen LogP contribution < -0.4 is 10.1 Å². The lowest BCUT2D eigenvalue weighted by atomic mass is 9.95. The monoisotopic (exact) mass is 378 g/mol. The number of anilines is 1. The smallest absolute Gasteiger partial charge is 0.338 e. The molecule has 0 bridgehead atoms. The Hall–Kier alpha value is -2.58. The van der Waals surface area contributed by atoms with Gasteiger partial charge >= 0.3 is 5.97 Å². The zero-order chi connectivity index (χ0) is 18.7. The molecule has 1 atom stereocenters. The average Bonchev–Trinajstić information content (AvgIpc) is 3.08. The highest BCUT2D eigenvalue weighted by Crippen LogP contribution is 2.37. The second-order valence-corrected chi connectivity index (χ2v) is 6.02. The van der Waals surface area contributed by atoms with Gasteiger partial charge in [-0.2, -0.15) is 10.1 Å². The van der Waals surface area contributed by atoms with Crippen molar-refractivity contribution in [2.24, 2.45) is 0 Å². The Bertz CT molecular complexity index is 849. The maximum absolute atomic E-state index is 12.7. The number of esters is 1. The maximum atomic E-state index is 12.7. The molecule has 9 heteroatoms. The van der Waals surface area contributed by atoms with E-state index >= 15 is 0 Å². The van der Waals surface area contributed by atoms with E-state index in [9.17, 15) is 4.79 Å². The second-order valence-electron chi connectivity index (χ2n) is 5.62. The molecule has 1 aliphatic rings. The molecular weight excluding hydrogens is 360 g/mol. The van der Waals surface area contributed by atoms with Gasteiger partial charge < -0.3 is 19.5 Å². The van der Waals surface area contributed by atoms with Crippen molar-refractivity contribution in [1.82, 2.24) is 14.8 Å². The molecule has 2 aromatic rings. The van der Waals surface area contributed by atoms with Gasteiger partial charge in [0.25, 0.3) is 0 Å². The van der Waals surface area contributed by atoms with Crippen LogP contribution in [0.4, 0.5) is 5.95 Å². The van der Waals surface area contributed by atoms with E-state index in [1.165, 1.54) is 6.33 Å². The molecule has 1 aromatic heterocycles. The highest BCUT2D eigenvalue weighted by atomic mass is 35.5. The number of methoxy groups -OCH3 is 2. The molecule has 0 aliphatic carbocycles. The molecule has 1 N–H and O–H groups in total. The van der Waals surface area contributed by atoms with Gasteiger partial charge in [-0.1, -0.05) is 17.7 Å². The normalized spacial score (nSPS) is 16.1. The lowest BCUT2D eigenvalue weighted by Gasteiger charge is -2.28. The first-order valence-corrected chi connectivity index (χ1v) is 8.31. The first-order valence-electron chi connectivity index (χ1n) is 7.93. The summed E-state index contributed by atoms with van der Waals surface area (Å²) in [4.78, 5) is 16.9. The van der Waals surface area contributed by atoms with Crippen LogP contribution in [0.3, 0.4) is 0 Å². The van der Waals surface area contributed by atoms with Crippen LogP contribution in [0.15, 0.2) is 35.8 Å². The Kier molecular flexibility index (Phi) is 5.43. The summed E-state index contributed by atoms with van der Waals surface area (Å²) < 4.78 is 17.1. The van der Waals surface area contributed by atoms with E-state index in [2.05, 4.69) is 15.4 Å². The number of ether oxygens (including phenoxy) is 3. The number of carbonyl (C=O) groups is 1. The third-order valence-corrected chi connectivity index (χ3v) is 4.32. The zero-order valence-corrected chi connectivity index (χ0v) is 15.4. The molecule has 138 valence electrons. The fraction of sp³-hybridized carbons (Fsp3) is 0.353. The minimum atomic E-state index is -0.521. The number of fused-ring (bicyclic) bond motifs is 1. The van der Waals surface area contributed by atoms with E-state index in [1.54, 1.807) is 38.0 Å². The SMILES string of the molecule is COCCOC(=O)C1=C(C)Nc2ncnn2[C@@H]1c1ccc(OC)c(Cl)c1.